The van der Waals surface area contributed by atoms with Crippen LogP contribution in [0.2, 0.25) is 0 Å². The van der Waals surface area contributed by atoms with Gasteiger partial charge in [0.25, 0.3) is 0 Å². The standard InChI is InChI=1S/C23H22N2O4/c1-3-29-22(28)23(12-13-23)18-10-8-16(9-11-18)15-4-6-17(7-5-15)19-20(21(26)27)25(2)14-24-19/h4-11,14H,3,12-13H2,1-2H3,(H,26,27). The lowest BCUT2D eigenvalue weighted by molar-refractivity contribution is -0.146. The van der Waals surface area contributed by atoms with Crippen molar-refractivity contribution in [3.8, 4) is 22.4 Å². The lowest BCUT2D eigenvalue weighted by Gasteiger charge is -2.14. The maximum absolute atomic E-state index is 12.3. The van der Waals surface area contributed by atoms with Gasteiger partial charge in [-0.2, -0.15) is 0 Å². The molecule has 6 heteroatoms. The third kappa shape index (κ3) is 3.31. The molecular weight excluding hydrogens is 368 g/mol. The first-order valence-electron chi connectivity index (χ1n) is 9.59. The highest BCUT2D eigenvalue weighted by atomic mass is 16.5. The summed E-state index contributed by atoms with van der Waals surface area (Å²) in [5, 5.41) is 9.40. The second-order valence-electron chi connectivity index (χ2n) is 7.32. The fourth-order valence-corrected chi connectivity index (χ4v) is 3.70. The second-order valence-corrected chi connectivity index (χ2v) is 7.32. The number of aryl methyl sites for hydroxylation is 1. The Morgan fingerprint density at radius 1 is 1.03 bits per heavy atom. The van der Waals surface area contributed by atoms with Crippen LogP contribution in [-0.2, 0) is 22.0 Å². The number of hydrogen-bond donors (Lipinski definition) is 1. The molecule has 1 aliphatic carbocycles. The number of carboxylic acid groups (broad SMARTS) is 1. The Bertz CT molecular complexity index is 1060. The van der Waals surface area contributed by atoms with Gasteiger partial charge in [-0.1, -0.05) is 48.5 Å². The van der Waals surface area contributed by atoms with Crippen molar-refractivity contribution < 1.29 is 19.4 Å². The Morgan fingerprint density at radius 3 is 2.10 bits per heavy atom. The molecule has 0 radical (unpaired) electrons. The van der Waals surface area contributed by atoms with Gasteiger partial charge in [0.2, 0.25) is 0 Å². The number of carbonyl (C=O) groups is 2. The van der Waals surface area contributed by atoms with Crippen molar-refractivity contribution in [2.24, 2.45) is 7.05 Å². The van der Waals surface area contributed by atoms with Crippen molar-refractivity contribution in [1.29, 1.82) is 0 Å². The third-order valence-corrected chi connectivity index (χ3v) is 5.48. The molecule has 0 amide bonds. The van der Waals surface area contributed by atoms with Crippen LogP contribution in [-0.4, -0.2) is 33.2 Å². The smallest absolute Gasteiger partial charge is 0.354 e. The summed E-state index contributed by atoms with van der Waals surface area (Å²) in [6, 6.07) is 15.6. The average molecular weight is 390 g/mol. The Labute approximate surface area is 168 Å². The quantitative estimate of drug-likeness (QED) is 0.642. The topological polar surface area (TPSA) is 81.4 Å². The second kappa shape index (κ2) is 7.20. The zero-order chi connectivity index (χ0) is 20.6. The van der Waals surface area contributed by atoms with Crippen LogP contribution in [0.3, 0.4) is 0 Å². The molecule has 1 fully saturated rings. The van der Waals surface area contributed by atoms with E-state index in [2.05, 4.69) is 4.98 Å². The van der Waals surface area contributed by atoms with E-state index in [9.17, 15) is 14.7 Å². The van der Waals surface area contributed by atoms with E-state index in [0.29, 0.717) is 12.3 Å². The van der Waals surface area contributed by atoms with Gasteiger partial charge in [0.15, 0.2) is 5.69 Å². The molecule has 3 aromatic rings. The lowest BCUT2D eigenvalue weighted by Crippen LogP contribution is -2.23. The zero-order valence-electron chi connectivity index (χ0n) is 16.4. The number of imidazole rings is 1. The van der Waals surface area contributed by atoms with E-state index in [1.165, 1.54) is 10.9 Å². The van der Waals surface area contributed by atoms with E-state index < -0.39 is 11.4 Å². The number of nitrogens with zero attached hydrogens (tertiary/aromatic N) is 2. The number of aromatic nitrogens is 2. The zero-order valence-corrected chi connectivity index (χ0v) is 16.4. The molecule has 0 aliphatic heterocycles. The van der Waals surface area contributed by atoms with Crippen LogP contribution < -0.4 is 0 Å². The highest BCUT2D eigenvalue weighted by molar-refractivity contribution is 5.93. The summed E-state index contributed by atoms with van der Waals surface area (Å²) < 4.78 is 6.74. The van der Waals surface area contributed by atoms with Crippen LogP contribution in [0.4, 0.5) is 0 Å². The number of rotatable bonds is 6. The van der Waals surface area contributed by atoms with E-state index in [-0.39, 0.29) is 11.7 Å². The molecule has 2 aromatic carbocycles. The third-order valence-electron chi connectivity index (χ3n) is 5.48. The molecule has 1 N–H and O–H groups in total. The first-order valence-corrected chi connectivity index (χ1v) is 9.59. The molecule has 0 atom stereocenters. The number of carbonyl (C=O) groups excluding carboxylic acids is 1. The molecule has 6 nitrogen and oxygen atoms in total. The maximum Gasteiger partial charge on any atom is 0.354 e. The summed E-state index contributed by atoms with van der Waals surface area (Å²) in [4.78, 5) is 28.0. The number of aromatic carboxylic acids is 1. The monoisotopic (exact) mass is 390 g/mol. The molecule has 1 saturated carbocycles. The summed E-state index contributed by atoms with van der Waals surface area (Å²) in [6.07, 6.45) is 3.16. The van der Waals surface area contributed by atoms with Gasteiger partial charge in [-0.3, -0.25) is 4.79 Å². The van der Waals surface area contributed by atoms with Gasteiger partial charge in [0.05, 0.1) is 18.3 Å². The van der Waals surface area contributed by atoms with E-state index >= 15 is 0 Å². The summed E-state index contributed by atoms with van der Waals surface area (Å²) in [5.74, 6) is -1.14. The number of hydrogen-bond acceptors (Lipinski definition) is 4. The predicted octanol–water partition coefficient (Wildman–Crippen LogP) is 4.05. The summed E-state index contributed by atoms with van der Waals surface area (Å²) in [7, 11) is 1.67. The first-order chi connectivity index (χ1) is 14.0. The maximum atomic E-state index is 12.3. The van der Waals surface area contributed by atoms with Crippen LogP contribution in [0.15, 0.2) is 54.9 Å². The van der Waals surface area contributed by atoms with Crippen molar-refractivity contribution >= 4 is 11.9 Å². The Morgan fingerprint density at radius 2 is 1.59 bits per heavy atom. The molecule has 0 bridgehead atoms. The van der Waals surface area contributed by atoms with Gasteiger partial charge in [-0.15, -0.1) is 0 Å². The van der Waals surface area contributed by atoms with Crippen molar-refractivity contribution in [2.75, 3.05) is 6.61 Å². The van der Waals surface area contributed by atoms with Crippen LogP contribution in [0, 0.1) is 0 Å². The van der Waals surface area contributed by atoms with Gasteiger partial charge >= 0.3 is 11.9 Å². The van der Waals surface area contributed by atoms with Gasteiger partial charge in [-0.05, 0) is 36.5 Å². The molecule has 1 aromatic heterocycles. The van der Waals surface area contributed by atoms with Gasteiger partial charge in [-0.25, -0.2) is 9.78 Å². The van der Waals surface area contributed by atoms with E-state index in [1.54, 1.807) is 7.05 Å². The van der Waals surface area contributed by atoms with E-state index in [0.717, 1.165) is 35.1 Å². The number of esters is 1. The minimum atomic E-state index is -1.00. The Balaban J connectivity index is 1.58. The fraction of sp³-hybridized carbons (Fsp3) is 0.261. The van der Waals surface area contributed by atoms with Crippen molar-refractivity contribution in [3.63, 3.8) is 0 Å². The minimum absolute atomic E-state index is 0.137. The highest BCUT2D eigenvalue weighted by Crippen LogP contribution is 2.49. The SMILES string of the molecule is CCOC(=O)C1(c2ccc(-c3ccc(-c4ncn(C)c4C(=O)O)cc3)cc2)CC1. The number of carboxylic acids is 1. The van der Waals surface area contributed by atoms with Crippen molar-refractivity contribution in [3.05, 3.63) is 66.1 Å². The molecule has 4 rings (SSSR count). The van der Waals surface area contributed by atoms with E-state index in [4.69, 9.17) is 4.74 Å². The molecular formula is C23H22N2O4. The Hall–Kier alpha value is -3.41. The normalized spacial score (nSPS) is 14.4. The molecule has 0 unspecified atom stereocenters. The van der Waals surface area contributed by atoms with E-state index in [1.807, 2.05) is 55.5 Å². The average Bonchev–Trinajstić information content (AvgIpc) is 3.45. The van der Waals surface area contributed by atoms with Crippen LogP contribution in [0.1, 0.15) is 35.8 Å². The Kier molecular flexibility index (Phi) is 4.70. The largest absolute Gasteiger partial charge is 0.477 e. The molecule has 0 saturated heterocycles. The van der Waals surface area contributed by atoms with Crippen molar-refractivity contribution in [1.82, 2.24) is 9.55 Å². The molecule has 29 heavy (non-hydrogen) atoms. The summed E-state index contributed by atoms with van der Waals surface area (Å²) >= 11 is 0. The van der Waals surface area contributed by atoms with Gasteiger partial charge in [0.1, 0.15) is 5.69 Å². The predicted molar refractivity (Wildman–Crippen MR) is 109 cm³/mol. The van der Waals surface area contributed by atoms with Crippen LogP contribution in [0.5, 0.6) is 0 Å². The first kappa shape index (κ1) is 18.9. The van der Waals surface area contributed by atoms with Crippen LogP contribution in [0.25, 0.3) is 22.4 Å². The number of ether oxygens (including phenoxy) is 1. The summed E-state index contributed by atoms with van der Waals surface area (Å²) in [5.41, 5.74) is 3.93. The van der Waals surface area contributed by atoms with Crippen LogP contribution >= 0.6 is 0 Å². The molecule has 0 spiro atoms. The molecule has 148 valence electrons. The lowest BCUT2D eigenvalue weighted by atomic mass is 9.93. The molecule has 1 aliphatic rings. The highest BCUT2D eigenvalue weighted by Gasteiger charge is 2.52. The van der Waals surface area contributed by atoms with Gasteiger partial charge in [0, 0.05) is 12.6 Å². The number of benzene rings is 2. The molecule has 1 heterocycles. The van der Waals surface area contributed by atoms with Crippen molar-refractivity contribution in [2.45, 2.75) is 25.2 Å². The fourth-order valence-electron chi connectivity index (χ4n) is 3.70. The summed E-state index contributed by atoms with van der Waals surface area (Å²) in [6.45, 7) is 2.22. The van der Waals surface area contributed by atoms with Gasteiger partial charge < -0.3 is 14.4 Å². The minimum Gasteiger partial charge on any atom is -0.477 e.